The molecule has 23 heavy (non-hydrogen) atoms. The highest BCUT2D eigenvalue weighted by Crippen LogP contribution is 2.22. The van der Waals surface area contributed by atoms with Crippen molar-refractivity contribution in [3.8, 4) is 0 Å². The average molecular weight is 379 g/mol. The highest BCUT2D eigenvalue weighted by molar-refractivity contribution is 9.10. The maximum atomic E-state index is 13.9. The molecule has 0 radical (unpaired) electrons. The molecule has 1 atom stereocenters. The quantitative estimate of drug-likeness (QED) is 0.471. The minimum Gasteiger partial charge on any atom is -0.466 e. The normalized spacial score (nSPS) is 12.2. The Balaban J connectivity index is 2.13. The highest BCUT2D eigenvalue weighted by atomic mass is 79.9. The van der Waals surface area contributed by atoms with Gasteiger partial charge in [0.2, 0.25) is 0 Å². The van der Waals surface area contributed by atoms with E-state index in [1.54, 1.807) is 24.3 Å². The van der Waals surface area contributed by atoms with Crippen molar-refractivity contribution < 1.29 is 13.9 Å². The van der Waals surface area contributed by atoms with Crippen LogP contribution in [-0.4, -0.2) is 13.1 Å². The van der Waals surface area contributed by atoms with Crippen molar-refractivity contribution in [3.63, 3.8) is 0 Å². The van der Waals surface area contributed by atoms with Gasteiger partial charge in [0.05, 0.1) is 7.11 Å². The second kappa shape index (κ2) is 7.89. The molecule has 6 heteroatoms. The minimum atomic E-state index is -0.692. The van der Waals surface area contributed by atoms with Crippen molar-refractivity contribution in [1.29, 1.82) is 0 Å². The fourth-order valence-corrected chi connectivity index (χ4v) is 2.31. The van der Waals surface area contributed by atoms with Gasteiger partial charge >= 0.3 is 5.97 Å². The van der Waals surface area contributed by atoms with Crippen LogP contribution in [0.3, 0.4) is 0 Å². The molecule has 2 rings (SSSR count). The molecule has 0 saturated carbocycles. The van der Waals surface area contributed by atoms with Crippen LogP contribution in [0, 0.1) is 5.82 Å². The molecule has 0 spiro atoms. The summed E-state index contributed by atoms with van der Waals surface area (Å²) >= 11 is 3.21. The number of hydrogen-bond donors (Lipinski definition) is 2. The number of benzene rings is 2. The number of carbonyl (C=O) groups is 1. The van der Waals surface area contributed by atoms with Gasteiger partial charge in [-0.1, -0.05) is 34.1 Å². The van der Waals surface area contributed by atoms with Gasteiger partial charge in [-0.05, 0) is 35.9 Å². The third-order valence-corrected chi connectivity index (χ3v) is 3.61. The molecule has 0 aliphatic carbocycles. The second-order valence-electron chi connectivity index (χ2n) is 4.77. The van der Waals surface area contributed by atoms with E-state index in [0.29, 0.717) is 15.7 Å². The molecule has 4 nitrogen and oxygen atoms in total. The average Bonchev–Trinajstić information content (AvgIpc) is 2.52. The van der Waals surface area contributed by atoms with Crippen LogP contribution in [0.25, 0.3) is 6.08 Å². The molecule has 0 saturated heterocycles. The zero-order chi connectivity index (χ0) is 16.8. The number of ether oxygens (including phenoxy) is 1. The summed E-state index contributed by atoms with van der Waals surface area (Å²) in [5, 5.41) is 3.03. The largest absolute Gasteiger partial charge is 0.466 e. The standard InChI is InChI=1S/C17H16BrFN2O2/c1-23-16(22)8-5-11-3-2-4-13(9-11)21-17(20)14-7-6-12(18)10-15(14)19/h2-10,17,21H,20H2,1H3. The highest BCUT2D eigenvalue weighted by Gasteiger charge is 2.11. The molecule has 2 aromatic rings. The van der Waals surface area contributed by atoms with Gasteiger partial charge in [-0.25, -0.2) is 9.18 Å². The van der Waals surface area contributed by atoms with Crippen LogP contribution < -0.4 is 11.1 Å². The summed E-state index contributed by atoms with van der Waals surface area (Å²) in [5.74, 6) is -0.821. The van der Waals surface area contributed by atoms with Gasteiger partial charge in [-0.2, -0.15) is 0 Å². The van der Waals surface area contributed by atoms with Gasteiger partial charge in [-0.3, -0.25) is 0 Å². The van der Waals surface area contributed by atoms with Gasteiger partial charge in [0.15, 0.2) is 0 Å². The molecule has 3 N–H and O–H groups in total. The Kier molecular flexibility index (Phi) is 5.90. The zero-order valence-corrected chi connectivity index (χ0v) is 14.0. The van der Waals surface area contributed by atoms with E-state index in [1.165, 1.54) is 19.3 Å². The first-order valence-corrected chi connectivity index (χ1v) is 7.62. The maximum absolute atomic E-state index is 13.9. The number of esters is 1. The van der Waals surface area contributed by atoms with Crippen molar-refractivity contribution >= 4 is 33.7 Å². The smallest absolute Gasteiger partial charge is 0.330 e. The van der Waals surface area contributed by atoms with E-state index in [2.05, 4.69) is 26.0 Å². The van der Waals surface area contributed by atoms with Gasteiger partial charge in [0, 0.05) is 21.8 Å². The summed E-state index contributed by atoms with van der Waals surface area (Å²) in [6.45, 7) is 0. The lowest BCUT2D eigenvalue weighted by atomic mass is 10.1. The molecule has 0 fully saturated rings. The first-order valence-electron chi connectivity index (χ1n) is 6.83. The molecule has 0 heterocycles. The summed E-state index contributed by atoms with van der Waals surface area (Å²) in [7, 11) is 1.32. The minimum absolute atomic E-state index is 0.365. The number of halogens is 2. The van der Waals surface area contributed by atoms with E-state index < -0.39 is 12.1 Å². The van der Waals surface area contributed by atoms with E-state index >= 15 is 0 Å². The van der Waals surface area contributed by atoms with Crippen molar-refractivity contribution in [2.24, 2.45) is 5.73 Å². The van der Waals surface area contributed by atoms with Crippen LogP contribution in [0.15, 0.2) is 53.0 Å². The zero-order valence-electron chi connectivity index (χ0n) is 12.4. The summed E-state index contributed by atoms with van der Waals surface area (Å²) < 4.78 is 19.1. The summed E-state index contributed by atoms with van der Waals surface area (Å²) in [6, 6.07) is 12.0. The van der Waals surface area contributed by atoms with E-state index in [9.17, 15) is 9.18 Å². The molecule has 2 aromatic carbocycles. The number of nitrogens with two attached hydrogens (primary N) is 1. The number of anilines is 1. The van der Waals surface area contributed by atoms with E-state index in [1.807, 2.05) is 18.2 Å². The van der Waals surface area contributed by atoms with Crippen molar-refractivity contribution in [2.75, 3.05) is 12.4 Å². The lowest BCUT2D eigenvalue weighted by molar-refractivity contribution is -0.134. The Morgan fingerprint density at radius 2 is 2.13 bits per heavy atom. The summed E-state index contributed by atoms with van der Waals surface area (Å²) in [4.78, 5) is 11.1. The molecule has 120 valence electrons. The Hall–Kier alpha value is -2.18. The molecule has 0 aliphatic heterocycles. The number of carbonyl (C=O) groups excluding carboxylic acids is 1. The Labute approximate surface area is 142 Å². The van der Waals surface area contributed by atoms with Gasteiger partial charge < -0.3 is 15.8 Å². The lowest BCUT2D eigenvalue weighted by Crippen LogP contribution is -2.21. The third kappa shape index (κ3) is 4.91. The first kappa shape index (κ1) is 17.2. The Morgan fingerprint density at radius 3 is 2.83 bits per heavy atom. The number of rotatable bonds is 5. The summed E-state index contributed by atoms with van der Waals surface area (Å²) in [6.07, 6.45) is 2.26. The van der Waals surface area contributed by atoms with Crippen molar-refractivity contribution in [3.05, 3.63) is 70.0 Å². The van der Waals surface area contributed by atoms with Gasteiger partial charge in [0.1, 0.15) is 12.0 Å². The lowest BCUT2D eigenvalue weighted by Gasteiger charge is -2.17. The second-order valence-corrected chi connectivity index (χ2v) is 5.69. The molecule has 0 aliphatic rings. The fraction of sp³-hybridized carbons (Fsp3) is 0.118. The molecule has 0 bridgehead atoms. The Morgan fingerprint density at radius 1 is 1.35 bits per heavy atom. The maximum Gasteiger partial charge on any atom is 0.330 e. The fourth-order valence-electron chi connectivity index (χ4n) is 1.98. The Bertz CT molecular complexity index is 734. The predicted molar refractivity (Wildman–Crippen MR) is 92.1 cm³/mol. The van der Waals surface area contributed by atoms with E-state index in [4.69, 9.17) is 5.73 Å². The van der Waals surface area contributed by atoms with Gasteiger partial charge in [-0.15, -0.1) is 0 Å². The van der Waals surface area contributed by atoms with Crippen LogP contribution in [0.4, 0.5) is 10.1 Å². The van der Waals surface area contributed by atoms with Gasteiger partial charge in [0.25, 0.3) is 0 Å². The van der Waals surface area contributed by atoms with E-state index in [0.717, 1.165) is 5.56 Å². The molecule has 0 aromatic heterocycles. The first-order chi connectivity index (χ1) is 11.0. The van der Waals surface area contributed by atoms with Crippen LogP contribution in [0.5, 0.6) is 0 Å². The van der Waals surface area contributed by atoms with Crippen LogP contribution >= 0.6 is 15.9 Å². The third-order valence-electron chi connectivity index (χ3n) is 3.12. The van der Waals surface area contributed by atoms with Crippen LogP contribution in [-0.2, 0) is 9.53 Å². The SMILES string of the molecule is COC(=O)C=Cc1cccc(NC(N)c2ccc(Br)cc2F)c1. The number of methoxy groups -OCH3 is 1. The molecule has 0 amide bonds. The molecular weight excluding hydrogens is 363 g/mol. The number of nitrogens with one attached hydrogen (secondary N) is 1. The van der Waals surface area contributed by atoms with E-state index in [-0.39, 0.29) is 5.82 Å². The number of hydrogen-bond acceptors (Lipinski definition) is 4. The monoisotopic (exact) mass is 378 g/mol. The van der Waals surface area contributed by atoms with Crippen molar-refractivity contribution in [1.82, 2.24) is 0 Å². The topological polar surface area (TPSA) is 64.3 Å². The molecular formula is C17H16BrFN2O2. The van der Waals surface area contributed by atoms with Crippen LogP contribution in [0.2, 0.25) is 0 Å². The van der Waals surface area contributed by atoms with Crippen molar-refractivity contribution in [2.45, 2.75) is 6.17 Å². The predicted octanol–water partition coefficient (Wildman–Crippen LogP) is 3.84. The molecule has 1 unspecified atom stereocenters. The summed E-state index contributed by atoms with van der Waals surface area (Å²) in [5.41, 5.74) is 7.89. The van der Waals surface area contributed by atoms with Crippen LogP contribution in [0.1, 0.15) is 17.3 Å².